The van der Waals surface area contributed by atoms with Gasteiger partial charge < -0.3 is 9.72 Å². The maximum absolute atomic E-state index is 13.8. The molecule has 0 saturated heterocycles. The number of hydrogen-bond acceptors (Lipinski definition) is 4. The highest BCUT2D eigenvalue weighted by Crippen LogP contribution is 2.36. The van der Waals surface area contributed by atoms with Gasteiger partial charge in [0.15, 0.2) is 17.4 Å². The molecule has 2 heterocycles. The number of benzene rings is 1. The average Bonchev–Trinajstić information content (AvgIpc) is 2.97. The van der Waals surface area contributed by atoms with E-state index in [9.17, 15) is 17.2 Å². The van der Waals surface area contributed by atoms with Crippen molar-refractivity contribution in [1.82, 2.24) is 9.97 Å². The van der Waals surface area contributed by atoms with Gasteiger partial charge in [-0.2, -0.15) is 9.37 Å². The third kappa shape index (κ3) is 3.10. The van der Waals surface area contributed by atoms with Crippen LogP contribution in [0.3, 0.4) is 0 Å². The second-order valence-electron chi connectivity index (χ2n) is 4.85. The van der Waals surface area contributed by atoms with E-state index in [2.05, 4.69) is 9.97 Å². The Morgan fingerprint density at radius 2 is 1.96 bits per heavy atom. The van der Waals surface area contributed by atoms with Crippen LogP contribution in [0.4, 0.5) is 14.6 Å². The molecule has 1 aromatic carbocycles. The summed E-state index contributed by atoms with van der Waals surface area (Å²) in [7, 11) is -2.90. The second kappa shape index (κ2) is 6.32. The van der Waals surface area contributed by atoms with Gasteiger partial charge in [-0.05, 0) is 12.1 Å². The molecule has 0 atom stereocenters. The van der Waals surface area contributed by atoms with E-state index in [0.717, 1.165) is 0 Å². The number of rotatable bonds is 4. The van der Waals surface area contributed by atoms with E-state index >= 15 is 0 Å². The highest BCUT2D eigenvalue weighted by molar-refractivity contribution is 7.93. The summed E-state index contributed by atoms with van der Waals surface area (Å²) in [6.45, 7) is 0. The zero-order chi connectivity index (χ0) is 18.4. The van der Waals surface area contributed by atoms with Crippen LogP contribution in [0.5, 0.6) is 5.75 Å². The van der Waals surface area contributed by atoms with Gasteiger partial charge in [-0.1, -0.05) is 23.2 Å². The van der Waals surface area contributed by atoms with Gasteiger partial charge in [0.2, 0.25) is 5.95 Å². The fourth-order valence-corrected chi connectivity index (χ4v) is 3.80. The van der Waals surface area contributed by atoms with E-state index in [1.807, 2.05) is 4.72 Å². The molecule has 6 nitrogen and oxygen atoms in total. The predicted octanol–water partition coefficient (Wildman–Crippen LogP) is 3.96. The summed E-state index contributed by atoms with van der Waals surface area (Å²) in [5.74, 6) is -2.87. The fraction of sp³-hybridized carbons (Fsp3) is 0.0714. The lowest BCUT2D eigenvalue weighted by Crippen LogP contribution is -2.15. The molecule has 132 valence electrons. The summed E-state index contributed by atoms with van der Waals surface area (Å²) in [5.41, 5.74) is 0.339. The first-order valence-electron chi connectivity index (χ1n) is 6.62. The van der Waals surface area contributed by atoms with Gasteiger partial charge >= 0.3 is 0 Å². The Kier molecular flexibility index (Phi) is 4.48. The minimum atomic E-state index is -4.28. The Morgan fingerprint density at radius 3 is 2.64 bits per heavy atom. The summed E-state index contributed by atoms with van der Waals surface area (Å²) in [6.07, 6.45) is 1.18. The van der Waals surface area contributed by atoms with E-state index < -0.39 is 32.6 Å². The van der Waals surface area contributed by atoms with Crippen LogP contribution in [0.1, 0.15) is 0 Å². The van der Waals surface area contributed by atoms with E-state index in [1.54, 1.807) is 0 Å². The molecule has 0 aliphatic heterocycles. The first-order valence-corrected chi connectivity index (χ1v) is 8.86. The summed E-state index contributed by atoms with van der Waals surface area (Å²) >= 11 is 11.4. The van der Waals surface area contributed by atoms with Gasteiger partial charge in [-0.3, -0.25) is 4.72 Å². The van der Waals surface area contributed by atoms with Gasteiger partial charge in [0.05, 0.1) is 22.7 Å². The van der Waals surface area contributed by atoms with E-state index in [1.165, 1.54) is 25.4 Å². The highest BCUT2D eigenvalue weighted by Gasteiger charge is 2.24. The lowest BCUT2D eigenvalue weighted by atomic mass is 10.2. The van der Waals surface area contributed by atoms with Gasteiger partial charge in [0, 0.05) is 17.6 Å². The molecule has 0 saturated carbocycles. The van der Waals surface area contributed by atoms with Crippen molar-refractivity contribution in [3.63, 3.8) is 0 Å². The van der Waals surface area contributed by atoms with Gasteiger partial charge in [0.1, 0.15) is 4.90 Å². The number of pyridine rings is 1. The maximum Gasteiger partial charge on any atom is 0.265 e. The molecular formula is C14H9Cl2F2N3O3S. The average molecular weight is 408 g/mol. The maximum atomic E-state index is 13.8. The van der Waals surface area contributed by atoms with Crippen LogP contribution in [0.25, 0.3) is 10.9 Å². The van der Waals surface area contributed by atoms with Crippen LogP contribution in [0.2, 0.25) is 10.0 Å². The van der Waals surface area contributed by atoms with Crippen molar-refractivity contribution in [3.05, 3.63) is 46.2 Å². The number of ether oxygens (including phenoxy) is 1. The Balaban J connectivity index is 2.10. The number of methoxy groups -OCH3 is 1. The third-order valence-corrected chi connectivity index (χ3v) is 5.28. The number of hydrogen-bond donors (Lipinski definition) is 2. The summed E-state index contributed by atoms with van der Waals surface area (Å²) in [5, 5.41) is -0.0308. The lowest BCUT2D eigenvalue weighted by molar-refractivity contribution is 0.419. The monoisotopic (exact) mass is 407 g/mol. The number of halogens is 4. The molecule has 0 bridgehead atoms. The molecule has 3 aromatic rings. The van der Waals surface area contributed by atoms with Crippen molar-refractivity contribution in [2.45, 2.75) is 4.90 Å². The van der Waals surface area contributed by atoms with Crippen molar-refractivity contribution in [2.24, 2.45) is 0 Å². The fourth-order valence-electron chi connectivity index (χ4n) is 2.24. The number of nitrogens with zero attached hydrogens (tertiary/aromatic N) is 1. The molecule has 0 unspecified atom stereocenters. The molecule has 2 aromatic heterocycles. The van der Waals surface area contributed by atoms with Crippen LogP contribution < -0.4 is 9.46 Å². The number of sulfonamides is 1. The third-order valence-electron chi connectivity index (χ3n) is 3.33. The van der Waals surface area contributed by atoms with Crippen molar-refractivity contribution >= 4 is 49.9 Å². The number of nitrogens with one attached hydrogen (secondary N) is 2. The lowest BCUT2D eigenvalue weighted by Gasteiger charge is -2.08. The normalized spacial score (nSPS) is 11.7. The first-order chi connectivity index (χ1) is 11.7. The highest BCUT2D eigenvalue weighted by atomic mass is 35.5. The zero-order valence-electron chi connectivity index (χ0n) is 12.4. The Bertz CT molecular complexity index is 1090. The molecule has 0 aliphatic rings. The SMILES string of the molecule is COc1c(Cl)ccc2c(S(=O)(=O)Nc3nc(F)c(Cl)cc3F)c[nH]c12. The molecule has 0 radical (unpaired) electrons. The van der Waals surface area contributed by atoms with Crippen LogP contribution in [0.15, 0.2) is 29.3 Å². The predicted molar refractivity (Wildman–Crippen MR) is 89.8 cm³/mol. The van der Waals surface area contributed by atoms with Crippen molar-refractivity contribution in [2.75, 3.05) is 11.8 Å². The number of fused-ring (bicyclic) bond motifs is 1. The number of H-pyrrole nitrogens is 1. The summed E-state index contributed by atoms with van der Waals surface area (Å²) in [4.78, 5) is 5.70. The van der Waals surface area contributed by atoms with Crippen molar-refractivity contribution < 1.29 is 21.9 Å². The van der Waals surface area contributed by atoms with Crippen LogP contribution in [0, 0.1) is 11.8 Å². The minimum absolute atomic E-state index is 0.214. The molecule has 2 N–H and O–H groups in total. The smallest absolute Gasteiger partial charge is 0.265 e. The molecule has 0 fully saturated rings. The molecule has 0 amide bonds. The molecule has 3 rings (SSSR count). The molecule has 11 heteroatoms. The van der Waals surface area contributed by atoms with E-state index in [4.69, 9.17) is 27.9 Å². The second-order valence-corrected chi connectivity index (χ2v) is 7.32. The number of aromatic amines is 1. The van der Waals surface area contributed by atoms with Crippen LogP contribution in [-0.2, 0) is 10.0 Å². The zero-order valence-corrected chi connectivity index (χ0v) is 14.7. The molecule has 25 heavy (non-hydrogen) atoms. The van der Waals surface area contributed by atoms with Gasteiger partial charge in [0.25, 0.3) is 10.0 Å². The summed E-state index contributed by atoms with van der Waals surface area (Å²) in [6, 6.07) is 3.54. The number of aromatic nitrogens is 2. The molecular weight excluding hydrogens is 399 g/mol. The Morgan fingerprint density at radius 1 is 1.24 bits per heavy atom. The summed E-state index contributed by atoms with van der Waals surface area (Å²) < 4.78 is 59.3. The van der Waals surface area contributed by atoms with E-state index in [-0.39, 0.29) is 21.1 Å². The van der Waals surface area contributed by atoms with Crippen LogP contribution in [-0.4, -0.2) is 25.5 Å². The topological polar surface area (TPSA) is 84.1 Å². The quantitative estimate of drug-likeness (QED) is 0.641. The van der Waals surface area contributed by atoms with Gasteiger partial charge in [-0.25, -0.2) is 12.8 Å². The largest absolute Gasteiger partial charge is 0.493 e. The van der Waals surface area contributed by atoms with Gasteiger partial charge in [-0.15, -0.1) is 0 Å². The number of anilines is 1. The van der Waals surface area contributed by atoms with Crippen molar-refractivity contribution in [3.8, 4) is 5.75 Å². The minimum Gasteiger partial charge on any atom is -0.493 e. The standard InChI is InChI=1S/C14H9Cl2F2N3O3S/c1-24-12-7(15)3-2-6-10(5-19-11(6)12)25(22,23)21-14-9(17)4-8(16)13(18)20-14/h2-5,19H,1H3,(H,20,21). The first kappa shape index (κ1) is 17.7. The Labute approximate surface area is 150 Å². The Hall–Kier alpha value is -2.10. The molecule has 0 spiro atoms. The molecule has 0 aliphatic carbocycles. The van der Waals surface area contributed by atoms with Crippen LogP contribution >= 0.6 is 23.2 Å². The van der Waals surface area contributed by atoms with Crippen molar-refractivity contribution in [1.29, 1.82) is 0 Å². The van der Waals surface area contributed by atoms with E-state index in [0.29, 0.717) is 11.6 Å².